The summed E-state index contributed by atoms with van der Waals surface area (Å²) >= 11 is 0. The van der Waals surface area contributed by atoms with Gasteiger partial charge in [0.05, 0.1) is 13.4 Å². The van der Waals surface area contributed by atoms with Crippen LogP contribution in [0.25, 0.3) is 16.8 Å². The molecule has 7 nitrogen and oxygen atoms in total. The third-order valence-corrected chi connectivity index (χ3v) is 4.60. The number of nitrogens with two attached hydrogens (primary N) is 1. The van der Waals surface area contributed by atoms with Gasteiger partial charge in [-0.15, -0.1) is 0 Å². The first-order chi connectivity index (χ1) is 17.1. The van der Waals surface area contributed by atoms with Crippen LogP contribution in [0, 0.1) is 0 Å². The molecule has 0 unspecified atom stereocenters. The molecule has 0 bridgehead atoms. The molecule has 182 valence electrons. The highest BCUT2D eigenvalue weighted by molar-refractivity contribution is 5.92. The Morgan fingerprint density at radius 1 is 1.06 bits per heavy atom. The first-order valence-electron chi connectivity index (χ1n) is 11.2. The number of benzene rings is 3. The molecule has 0 saturated heterocycles. The maximum Gasteiger partial charge on any atom is 0.262 e. The third kappa shape index (κ3) is 8.08. The molecule has 0 aliphatic rings. The van der Waals surface area contributed by atoms with Crippen molar-refractivity contribution >= 4 is 11.6 Å². The number of aromatic nitrogens is 2. The second-order valence-electron chi connectivity index (χ2n) is 6.81. The summed E-state index contributed by atoms with van der Waals surface area (Å²) in [6.07, 6.45) is 6.56. The molecule has 4 aromatic rings. The van der Waals surface area contributed by atoms with Crippen molar-refractivity contribution in [2.24, 2.45) is 5.73 Å². The van der Waals surface area contributed by atoms with Crippen LogP contribution < -0.4 is 20.5 Å². The van der Waals surface area contributed by atoms with Gasteiger partial charge in [0.15, 0.2) is 6.61 Å². The number of nitrogens with zero attached hydrogens (tertiary/aromatic N) is 2. The van der Waals surface area contributed by atoms with Crippen molar-refractivity contribution in [3.05, 3.63) is 104 Å². The topological polar surface area (TPSA) is 91.4 Å². The van der Waals surface area contributed by atoms with Crippen LogP contribution in [0.3, 0.4) is 0 Å². The van der Waals surface area contributed by atoms with E-state index in [1.807, 2.05) is 97.4 Å². The van der Waals surface area contributed by atoms with Gasteiger partial charge in [0.1, 0.15) is 11.5 Å². The fourth-order valence-electron chi connectivity index (χ4n) is 3.09. The molecule has 0 aliphatic heterocycles. The van der Waals surface area contributed by atoms with E-state index < -0.39 is 0 Å². The second-order valence-corrected chi connectivity index (χ2v) is 6.81. The number of rotatable bonds is 7. The molecule has 0 saturated carbocycles. The van der Waals surface area contributed by atoms with E-state index in [2.05, 4.69) is 22.6 Å². The summed E-state index contributed by atoms with van der Waals surface area (Å²) in [5, 5.41) is 2.85. The standard InChI is InChI=1S/C24H21N3O3.C2H5N.C2H6/c1-29-23-5-3-2-4-22(23)18-6-8-19(9-7-18)26-24(28)16-30-21-12-10-20(11-13-21)27-15-14-25-17-27;1-2-3;1-2/h2-15,17H,16H2,1H3,(H,26,28);2H,1,3H2;1-2H3. The van der Waals surface area contributed by atoms with Gasteiger partial charge in [0.25, 0.3) is 5.91 Å². The first-order valence-corrected chi connectivity index (χ1v) is 11.2. The van der Waals surface area contributed by atoms with Crippen LogP contribution in [0.2, 0.25) is 0 Å². The Morgan fingerprint density at radius 2 is 1.71 bits per heavy atom. The average Bonchev–Trinajstić information content (AvgIpc) is 3.45. The highest BCUT2D eigenvalue weighted by Gasteiger charge is 2.07. The van der Waals surface area contributed by atoms with Gasteiger partial charge in [-0.25, -0.2) is 4.98 Å². The first kappa shape index (κ1) is 26.7. The molecule has 35 heavy (non-hydrogen) atoms. The zero-order valence-corrected chi connectivity index (χ0v) is 20.3. The number of hydrogen-bond acceptors (Lipinski definition) is 5. The molecule has 0 fully saturated rings. The van der Waals surface area contributed by atoms with E-state index in [4.69, 9.17) is 9.47 Å². The minimum atomic E-state index is -0.223. The van der Waals surface area contributed by atoms with E-state index in [9.17, 15) is 4.79 Å². The molecule has 3 aromatic carbocycles. The van der Waals surface area contributed by atoms with E-state index in [1.54, 1.807) is 19.6 Å². The van der Waals surface area contributed by atoms with Crippen molar-refractivity contribution in [3.63, 3.8) is 0 Å². The highest BCUT2D eigenvalue weighted by atomic mass is 16.5. The van der Waals surface area contributed by atoms with Crippen molar-refractivity contribution in [2.75, 3.05) is 19.0 Å². The number of imidazole rings is 1. The molecule has 7 heteroatoms. The maximum absolute atomic E-state index is 12.2. The number of carbonyl (C=O) groups is 1. The lowest BCUT2D eigenvalue weighted by molar-refractivity contribution is -0.118. The monoisotopic (exact) mass is 472 g/mol. The summed E-state index contributed by atoms with van der Waals surface area (Å²) in [4.78, 5) is 16.3. The third-order valence-electron chi connectivity index (χ3n) is 4.60. The van der Waals surface area contributed by atoms with Gasteiger partial charge in [-0.3, -0.25) is 4.79 Å². The number of methoxy groups -OCH3 is 1. The molecular weight excluding hydrogens is 440 g/mol. The van der Waals surface area contributed by atoms with Gasteiger partial charge in [-0.1, -0.05) is 50.8 Å². The molecule has 1 heterocycles. The van der Waals surface area contributed by atoms with Gasteiger partial charge in [0.2, 0.25) is 0 Å². The van der Waals surface area contributed by atoms with Gasteiger partial charge in [-0.05, 0) is 54.2 Å². The Bertz CT molecular complexity index is 1160. The fraction of sp³-hybridized carbons (Fsp3) is 0.143. The Kier molecular flexibility index (Phi) is 11.1. The molecule has 1 aromatic heterocycles. The van der Waals surface area contributed by atoms with E-state index in [-0.39, 0.29) is 12.5 Å². The summed E-state index contributed by atoms with van der Waals surface area (Å²) in [6, 6.07) is 22.9. The number of nitrogens with one attached hydrogen (secondary N) is 1. The van der Waals surface area contributed by atoms with Gasteiger partial charge in [-0.2, -0.15) is 0 Å². The Morgan fingerprint density at radius 3 is 2.31 bits per heavy atom. The molecule has 0 atom stereocenters. The molecule has 1 amide bonds. The van der Waals surface area contributed by atoms with Crippen LogP contribution in [0.15, 0.2) is 104 Å². The largest absolute Gasteiger partial charge is 0.496 e. The van der Waals surface area contributed by atoms with Crippen LogP contribution >= 0.6 is 0 Å². The van der Waals surface area contributed by atoms with Crippen LogP contribution in [-0.4, -0.2) is 29.2 Å². The summed E-state index contributed by atoms with van der Waals surface area (Å²) in [5.74, 6) is 1.21. The zero-order valence-electron chi connectivity index (χ0n) is 20.3. The van der Waals surface area contributed by atoms with Gasteiger partial charge in [0, 0.05) is 29.3 Å². The van der Waals surface area contributed by atoms with E-state index >= 15 is 0 Å². The smallest absolute Gasteiger partial charge is 0.262 e. The lowest BCUT2D eigenvalue weighted by Crippen LogP contribution is -2.20. The summed E-state index contributed by atoms with van der Waals surface area (Å²) in [5.41, 5.74) is 8.30. The van der Waals surface area contributed by atoms with E-state index in [0.717, 1.165) is 22.6 Å². The lowest BCUT2D eigenvalue weighted by Gasteiger charge is -2.10. The molecule has 0 aliphatic carbocycles. The number of carbonyl (C=O) groups excluding carboxylic acids is 1. The minimum absolute atomic E-state index is 0.0708. The predicted molar refractivity (Wildman–Crippen MR) is 142 cm³/mol. The quantitative estimate of drug-likeness (QED) is 0.361. The molecule has 4 rings (SSSR count). The number of anilines is 1. The number of amides is 1. The van der Waals surface area contributed by atoms with Crippen molar-refractivity contribution in [2.45, 2.75) is 13.8 Å². The minimum Gasteiger partial charge on any atom is -0.496 e. The molecule has 0 spiro atoms. The van der Waals surface area contributed by atoms with Gasteiger partial charge >= 0.3 is 0 Å². The number of hydrogen-bond donors (Lipinski definition) is 2. The summed E-state index contributed by atoms with van der Waals surface area (Å²) < 4.78 is 12.9. The van der Waals surface area contributed by atoms with Crippen molar-refractivity contribution in [1.82, 2.24) is 9.55 Å². The van der Waals surface area contributed by atoms with Crippen molar-refractivity contribution < 1.29 is 14.3 Å². The summed E-state index contributed by atoms with van der Waals surface area (Å²) in [7, 11) is 1.65. The fourth-order valence-corrected chi connectivity index (χ4v) is 3.09. The Hall–Kier alpha value is -4.52. The summed E-state index contributed by atoms with van der Waals surface area (Å²) in [6.45, 7) is 7.07. The van der Waals surface area contributed by atoms with Crippen LogP contribution in [0.4, 0.5) is 5.69 Å². The van der Waals surface area contributed by atoms with E-state index in [1.165, 1.54) is 6.20 Å². The maximum atomic E-state index is 12.2. The van der Waals surface area contributed by atoms with Crippen LogP contribution in [0.1, 0.15) is 13.8 Å². The van der Waals surface area contributed by atoms with Crippen molar-refractivity contribution in [1.29, 1.82) is 0 Å². The number of ether oxygens (including phenoxy) is 2. The highest BCUT2D eigenvalue weighted by Crippen LogP contribution is 2.30. The molecular formula is C28H32N4O3. The lowest BCUT2D eigenvalue weighted by atomic mass is 10.0. The molecule has 3 N–H and O–H groups in total. The number of para-hydroxylation sites is 1. The van der Waals surface area contributed by atoms with Gasteiger partial charge < -0.3 is 25.1 Å². The Balaban J connectivity index is 0.000000803. The SMILES string of the molecule is C=CN.CC.COc1ccccc1-c1ccc(NC(=O)COc2ccc(-n3ccnc3)cc2)cc1. The normalized spacial score (nSPS) is 9.46. The Labute approximate surface area is 206 Å². The molecule has 0 radical (unpaired) electrons. The van der Waals surface area contributed by atoms with Crippen LogP contribution in [-0.2, 0) is 4.79 Å². The van der Waals surface area contributed by atoms with Crippen molar-refractivity contribution in [3.8, 4) is 28.3 Å². The zero-order chi connectivity index (χ0) is 25.5. The second kappa shape index (κ2) is 14.6. The van der Waals surface area contributed by atoms with Crippen LogP contribution in [0.5, 0.6) is 11.5 Å². The predicted octanol–water partition coefficient (Wildman–Crippen LogP) is 5.68. The average molecular weight is 473 g/mol. The van der Waals surface area contributed by atoms with E-state index in [0.29, 0.717) is 11.4 Å².